The Morgan fingerprint density at radius 1 is 0.880 bits per heavy atom. The van der Waals surface area contributed by atoms with Crippen molar-refractivity contribution in [2.24, 2.45) is 5.73 Å². The molecule has 4 N–H and O–H groups in total. The number of aliphatic hydroxyl groups excluding tert-OH is 2. The molecular formula is C20H36ClNO3. The molecule has 146 valence electrons. The van der Waals surface area contributed by atoms with Gasteiger partial charge in [0.15, 0.2) is 0 Å². The van der Waals surface area contributed by atoms with E-state index in [2.05, 4.69) is 6.92 Å². The molecule has 0 aliphatic heterocycles. The number of ether oxygens (including phenoxy) is 1. The van der Waals surface area contributed by atoms with Crippen molar-refractivity contribution < 1.29 is 14.9 Å². The molecule has 1 aromatic rings. The monoisotopic (exact) mass is 373 g/mol. The van der Waals surface area contributed by atoms with Crippen LogP contribution < -0.4 is 10.5 Å². The molecule has 0 bridgehead atoms. The summed E-state index contributed by atoms with van der Waals surface area (Å²) in [4.78, 5) is 0. The highest BCUT2D eigenvalue weighted by Crippen LogP contribution is 2.17. The van der Waals surface area contributed by atoms with E-state index in [-0.39, 0.29) is 25.6 Å². The molecular weight excluding hydrogens is 338 g/mol. The Hall–Kier alpha value is -0.810. The summed E-state index contributed by atoms with van der Waals surface area (Å²) < 4.78 is 5.76. The number of benzene rings is 1. The molecule has 4 nitrogen and oxygen atoms in total. The Morgan fingerprint density at radius 3 is 1.92 bits per heavy atom. The van der Waals surface area contributed by atoms with Gasteiger partial charge in [-0.05, 0) is 30.5 Å². The summed E-state index contributed by atoms with van der Waals surface area (Å²) in [5, 5.41) is 18.5. The second-order valence-electron chi connectivity index (χ2n) is 6.82. The van der Waals surface area contributed by atoms with Crippen LogP contribution in [0.3, 0.4) is 0 Å². The van der Waals surface area contributed by atoms with Gasteiger partial charge in [-0.25, -0.2) is 0 Å². The van der Waals surface area contributed by atoms with Gasteiger partial charge in [0.25, 0.3) is 0 Å². The highest BCUT2D eigenvalue weighted by atomic mass is 35.5. The third-order valence-corrected chi connectivity index (χ3v) is 4.38. The maximum Gasteiger partial charge on any atom is 0.119 e. The highest BCUT2D eigenvalue weighted by molar-refractivity contribution is 5.85. The first-order valence-corrected chi connectivity index (χ1v) is 9.36. The maximum atomic E-state index is 9.24. The highest BCUT2D eigenvalue weighted by Gasteiger charge is 2.23. The Balaban J connectivity index is 0.00000576. The fraction of sp³-hybridized carbons (Fsp3) is 0.700. The summed E-state index contributed by atoms with van der Waals surface area (Å²) in [5.41, 5.74) is 5.93. The van der Waals surface area contributed by atoms with Crippen LogP contribution in [0.1, 0.15) is 63.9 Å². The van der Waals surface area contributed by atoms with Crippen molar-refractivity contribution in [3.8, 4) is 5.75 Å². The third-order valence-electron chi connectivity index (χ3n) is 4.38. The van der Waals surface area contributed by atoms with Gasteiger partial charge in [-0.2, -0.15) is 0 Å². The van der Waals surface area contributed by atoms with Crippen molar-refractivity contribution in [1.29, 1.82) is 0 Å². The van der Waals surface area contributed by atoms with Gasteiger partial charge in [-0.3, -0.25) is 0 Å². The zero-order valence-corrected chi connectivity index (χ0v) is 16.4. The van der Waals surface area contributed by atoms with Crippen LogP contribution in [0.5, 0.6) is 5.75 Å². The summed E-state index contributed by atoms with van der Waals surface area (Å²) in [7, 11) is 0. The number of hydrogen-bond donors (Lipinski definition) is 3. The van der Waals surface area contributed by atoms with Gasteiger partial charge < -0.3 is 20.7 Å². The van der Waals surface area contributed by atoms with Crippen molar-refractivity contribution in [3.05, 3.63) is 29.8 Å². The molecule has 0 fully saturated rings. The minimum atomic E-state index is -0.959. The summed E-state index contributed by atoms with van der Waals surface area (Å²) in [5.74, 6) is 0.859. The molecule has 0 aliphatic rings. The standard InChI is InChI=1S/C20H35NO3.ClH/c1-2-3-4-5-6-7-8-9-14-24-19-12-10-18(11-13-19)15-20(21,16-22)17-23;/h10-13,22-23H,2-9,14-17,21H2,1H3;1H. The van der Waals surface area contributed by atoms with Gasteiger partial charge in [0, 0.05) is 0 Å². The first-order valence-electron chi connectivity index (χ1n) is 9.36. The van der Waals surface area contributed by atoms with Crippen LogP contribution in [-0.2, 0) is 6.42 Å². The SMILES string of the molecule is CCCCCCCCCCOc1ccc(CC(N)(CO)CO)cc1.Cl. The predicted octanol–water partition coefficient (Wildman–Crippen LogP) is 3.85. The molecule has 0 amide bonds. The second kappa shape index (κ2) is 14.4. The lowest BCUT2D eigenvalue weighted by atomic mass is 9.93. The first kappa shape index (κ1) is 24.2. The summed E-state index contributed by atoms with van der Waals surface area (Å²) in [6.45, 7) is 2.53. The smallest absolute Gasteiger partial charge is 0.119 e. The molecule has 25 heavy (non-hydrogen) atoms. The van der Waals surface area contributed by atoms with Crippen LogP contribution in [0.25, 0.3) is 0 Å². The Morgan fingerprint density at radius 2 is 1.40 bits per heavy atom. The molecule has 0 aromatic heterocycles. The van der Waals surface area contributed by atoms with E-state index in [0.717, 1.165) is 24.3 Å². The van der Waals surface area contributed by atoms with Crippen molar-refractivity contribution in [3.63, 3.8) is 0 Å². The molecule has 0 aliphatic carbocycles. The molecule has 1 aromatic carbocycles. The van der Waals surface area contributed by atoms with Gasteiger partial charge >= 0.3 is 0 Å². The minimum Gasteiger partial charge on any atom is -0.494 e. The van der Waals surface area contributed by atoms with E-state index in [4.69, 9.17) is 10.5 Å². The van der Waals surface area contributed by atoms with Gasteiger partial charge in [-0.1, -0.05) is 64.0 Å². The number of aliphatic hydroxyl groups is 2. The van der Waals surface area contributed by atoms with E-state index in [1.807, 2.05) is 24.3 Å². The number of halogens is 1. The average molecular weight is 374 g/mol. The minimum absolute atomic E-state index is 0. The molecule has 0 radical (unpaired) electrons. The van der Waals surface area contributed by atoms with Crippen molar-refractivity contribution >= 4 is 12.4 Å². The van der Waals surface area contributed by atoms with Crippen LogP contribution in [0.4, 0.5) is 0 Å². The molecule has 0 unspecified atom stereocenters. The number of nitrogens with two attached hydrogens (primary N) is 1. The van der Waals surface area contributed by atoms with Crippen molar-refractivity contribution in [2.75, 3.05) is 19.8 Å². The van der Waals surface area contributed by atoms with Crippen LogP contribution in [0, 0.1) is 0 Å². The topological polar surface area (TPSA) is 75.7 Å². The number of unbranched alkanes of at least 4 members (excludes halogenated alkanes) is 7. The normalized spacial score (nSPS) is 11.2. The Kier molecular flexibility index (Phi) is 13.9. The van der Waals surface area contributed by atoms with E-state index < -0.39 is 5.54 Å². The molecule has 1 rings (SSSR count). The summed E-state index contributed by atoms with van der Waals surface area (Å²) in [6.07, 6.45) is 10.8. The fourth-order valence-corrected chi connectivity index (χ4v) is 2.70. The Labute approximate surface area is 159 Å². The molecule has 0 heterocycles. The van der Waals surface area contributed by atoms with Gasteiger partial charge in [-0.15, -0.1) is 12.4 Å². The van der Waals surface area contributed by atoms with Crippen LogP contribution in [-0.4, -0.2) is 35.6 Å². The predicted molar refractivity (Wildman–Crippen MR) is 107 cm³/mol. The zero-order valence-electron chi connectivity index (χ0n) is 15.6. The lowest BCUT2D eigenvalue weighted by Gasteiger charge is -2.24. The van der Waals surface area contributed by atoms with Crippen LogP contribution in [0.2, 0.25) is 0 Å². The first-order chi connectivity index (χ1) is 11.6. The third kappa shape index (κ3) is 10.7. The molecule has 5 heteroatoms. The number of hydrogen-bond acceptors (Lipinski definition) is 4. The van der Waals surface area contributed by atoms with Crippen LogP contribution >= 0.6 is 12.4 Å². The molecule has 0 atom stereocenters. The lowest BCUT2D eigenvalue weighted by molar-refractivity contribution is 0.121. The largest absolute Gasteiger partial charge is 0.494 e. The average Bonchev–Trinajstić information content (AvgIpc) is 2.61. The van der Waals surface area contributed by atoms with Gasteiger partial charge in [0.1, 0.15) is 5.75 Å². The van der Waals surface area contributed by atoms with E-state index in [1.165, 1.54) is 44.9 Å². The van der Waals surface area contributed by atoms with Gasteiger partial charge in [0.2, 0.25) is 0 Å². The maximum absolute atomic E-state index is 9.24. The second-order valence-corrected chi connectivity index (χ2v) is 6.82. The lowest BCUT2D eigenvalue weighted by Crippen LogP contribution is -2.49. The fourth-order valence-electron chi connectivity index (χ4n) is 2.70. The van der Waals surface area contributed by atoms with Crippen LogP contribution in [0.15, 0.2) is 24.3 Å². The zero-order chi connectivity index (χ0) is 17.7. The van der Waals surface area contributed by atoms with Crippen molar-refractivity contribution in [2.45, 2.75) is 70.3 Å². The van der Waals surface area contributed by atoms with E-state index in [1.54, 1.807) is 0 Å². The van der Waals surface area contributed by atoms with Crippen molar-refractivity contribution in [1.82, 2.24) is 0 Å². The van der Waals surface area contributed by atoms with E-state index >= 15 is 0 Å². The summed E-state index contributed by atoms with van der Waals surface area (Å²) in [6, 6.07) is 7.73. The number of rotatable bonds is 14. The van der Waals surface area contributed by atoms with E-state index in [0.29, 0.717) is 6.42 Å². The Bertz CT molecular complexity index is 421. The molecule has 0 spiro atoms. The molecule has 0 saturated carbocycles. The van der Waals surface area contributed by atoms with Gasteiger partial charge in [0.05, 0.1) is 25.4 Å². The molecule has 0 saturated heterocycles. The van der Waals surface area contributed by atoms with E-state index in [9.17, 15) is 10.2 Å². The summed E-state index contributed by atoms with van der Waals surface area (Å²) >= 11 is 0. The quantitative estimate of drug-likeness (QED) is 0.433.